The van der Waals surface area contributed by atoms with Crippen molar-refractivity contribution in [3.8, 4) is 11.5 Å². The molecule has 0 bridgehead atoms. The van der Waals surface area contributed by atoms with Crippen molar-refractivity contribution in [2.75, 3.05) is 13.1 Å². The van der Waals surface area contributed by atoms with E-state index in [-0.39, 0.29) is 29.4 Å². The number of nitrogens with zero attached hydrogens (tertiary/aromatic N) is 1. The lowest BCUT2D eigenvalue weighted by atomic mass is 10.1. The standard InChI is InChI=1S/C15H15NO3S/c17-11-1-2-12(13(18)7-11)14(19)9-16-5-3-15-10(8-16)4-6-20-15/h1-2,4,6-7,17-18H,3,5,8-9H2. The number of carbonyl (C=O) groups is 1. The van der Waals surface area contributed by atoms with E-state index >= 15 is 0 Å². The molecule has 2 N–H and O–H groups in total. The Morgan fingerprint density at radius 1 is 1.30 bits per heavy atom. The highest BCUT2D eigenvalue weighted by Crippen LogP contribution is 2.26. The van der Waals surface area contributed by atoms with Crippen molar-refractivity contribution < 1.29 is 15.0 Å². The van der Waals surface area contributed by atoms with Crippen LogP contribution in [-0.4, -0.2) is 34.0 Å². The maximum Gasteiger partial charge on any atom is 0.180 e. The van der Waals surface area contributed by atoms with E-state index in [1.807, 2.05) is 0 Å². The molecule has 0 spiro atoms. The van der Waals surface area contributed by atoms with Gasteiger partial charge in [-0.3, -0.25) is 9.69 Å². The van der Waals surface area contributed by atoms with Crippen LogP contribution in [0.4, 0.5) is 0 Å². The van der Waals surface area contributed by atoms with Gasteiger partial charge >= 0.3 is 0 Å². The summed E-state index contributed by atoms with van der Waals surface area (Å²) in [6.45, 7) is 1.93. The molecule has 5 heteroatoms. The molecule has 0 fully saturated rings. The summed E-state index contributed by atoms with van der Waals surface area (Å²) in [5.74, 6) is -0.329. The highest BCUT2D eigenvalue weighted by molar-refractivity contribution is 7.10. The molecule has 1 aromatic heterocycles. The zero-order chi connectivity index (χ0) is 14.1. The van der Waals surface area contributed by atoms with Crippen molar-refractivity contribution in [1.29, 1.82) is 0 Å². The lowest BCUT2D eigenvalue weighted by Crippen LogP contribution is -2.34. The first-order valence-corrected chi connectivity index (χ1v) is 7.34. The Bertz CT molecular complexity index is 650. The second-order valence-electron chi connectivity index (χ2n) is 4.95. The second kappa shape index (κ2) is 5.26. The summed E-state index contributed by atoms with van der Waals surface area (Å²) in [6, 6.07) is 6.18. The fraction of sp³-hybridized carbons (Fsp3) is 0.267. The van der Waals surface area contributed by atoms with Gasteiger partial charge in [0.2, 0.25) is 0 Å². The van der Waals surface area contributed by atoms with Crippen LogP contribution in [0.15, 0.2) is 29.6 Å². The number of phenolic OH excluding ortho intramolecular Hbond substituents is 2. The van der Waals surface area contributed by atoms with E-state index in [4.69, 9.17) is 0 Å². The van der Waals surface area contributed by atoms with Crippen molar-refractivity contribution in [2.45, 2.75) is 13.0 Å². The Kier molecular flexibility index (Phi) is 3.46. The summed E-state index contributed by atoms with van der Waals surface area (Å²) in [6.07, 6.45) is 0.974. The maximum absolute atomic E-state index is 12.2. The fourth-order valence-electron chi connectivity index (χ4n) is 2.49. The number of carbonyl (C=O) groups excluding carboxylic acids is 1. The minimum Gasteiger partial charge on any atom is -0.508 e. The van der Waals surface area contributed by atoms with E-state index in [0.717, 1.165) is 19.5 Å². The third-order valence-corrected chi connectivity index (χ3v) is 4.56. The fourth-order valence-corrected chi connectivity index (χ4v) is 3.38. The molecule has 0 saturated carbocycles. The Hall–Kier alpha value is -1.85. The molecule has 4 nitrogen and oxygen atoms in total. The van der Waals surface area contributed by atoms with E-state index in [2.05, 4.69) is 16.3 Å². The van der Waals surface area contributed by atoms with Gasteiger partial charge in [-0.2, -0.15) is 0 Å². The zero-order valence-electron chi connectivity index (χ0n) is 10.9. The second-order valence-corrected chi connectivity index (χ2v) is 5.95. The number of ketones is 1. The van der Waals surface area contributed by atoms with Gasteiger partial charge in [-0.05, 0) is 35.6 Å². The molecule has 1 aliphatic heterocycles. The summed E-state index contributed by atoms with van der Waals surface area (Å²) in [4.78, 5) is 15.7. The Morgan fingerprint density at radius 3 is 2.95 bits per heavy atom. The zero-order valence-corrected chi connectivity index (χ0v) is 11.7. The van der Waals surface area contributed by atoms with Crippen LogP contribution in [-0.2, 0) is 13.0 Å². The predicted octanol–water partition coefficient (Wildman–Crippen LogP) is 2.40. The molecule has 0 saturated heterocycles. The van der Waals surface area contributed by atoms with Gasteiger partial charge in [0.15, 0.2) is 5.78 Å². The van der Waals surface area contributed by atoms with Gasteiger partial charge in [-0.25, -0.2) is 0 Å². The molecular weight excluding hydrogens is 274 g/mol. The number of hydrogen-bond acceptors (Lipinski definition) is 5. The highest BCUT2D eigenvalue weighted by atomic mass is 32.1. The Labute approximate surface area is 120 Å². The number of rotatable bonds is 3. The molecule has 0 radical (unpaired) electrons. The van der Waals surface area contributed by atoms with Crippen LogP contribution in [0.1, 0.15) is 20.8 Å². The third kappa shape index (κ3) is 2.55. The molecule has 20 heavy (non-hydrogen) atoms. The maximum atomic E-state index is 12.2. The summed E-state index contributed by atoms with van der Waals surface area (Å²) in [5, 5.41) is 21.0. The number of Topliss-reactive ketones (excluding diaryl/α,β-unsaturated/α-hetero) is 1. The summed E-state index contributed by atoms with van der Waals surface area (Å²) < 4.78 is 0. The van der Waals surface area contributed by atoms with Gasteiger partial charge < -0.3 is 10.2 Å². The van der Waals surface area contributed by atoms with E-state index in [1.54, 1.807) is 11.3 Å². The Balaban J connectivity index is 1.71. The molecule has 1 aromatic carbocycles. The van der Waals surface area contributed by atoms with Gasteiger partial charge in [-0.1, -0.05) is 0 Å². The molecule has 0 unspecified atom stereocenters. The third-order valence-electron chi connectivity index (χ3n) is 3.54. The van der Waals surface area contributed by atoms with Crippen molar-refractivity contribution in [3.05, 3.63) is 45.6 Å². The minimum atomic E-state index is -0.164. The normalized spacial score (nSPS) is 15.0. The predicted molar refractivity (Wildman–Crippen MR) is 77.4 cm³/mol. The molecule has 2 aromatic rings. The largest absolute Gasteiger partial charge is 0.508 e. The summed E-state index contributed by atoms with van der Waals surface area (Å²) in [7, 11) is 0. The molecule has 0 amide bonds. The molecule has 0 aliphatic carbocycles. The van der Waals surface area contributed by atoms with Gasteiger partial charge in [-0.15, -0.1) is 11.3 Å². The number of benzene rings is 1. The topological polar surface area (TPSA) is 60.8 Å². The summed E-state index contributed by atoms with van der Waals surface area (Å²) in [5.41, 5.74) is 1.56. The highest BCUT2D eigenvalue weighted by Gasteiger charge is 2.21. The van der Waals surface area contributed by atoms with Crippen molar-refractivity contribution in [3.63, 3.8) is 0 Å². The smallest absolute Gasteiger partial charge is 0.180 e. The molecule has 0 atom stereocenters. The lowest BCUT2D eigenvalue weighted by molar-refractivity contribution is 0.0919. The molecule has 3 rings (SSSR count). The van der Waals surface area contributed by atoms with Crippen LogP contribution in [0.2, 0.25) is 0 Å². The van der Waals surface area contributed by atoms with Crippen molar-refractivity contribution in [2.24, 2.45) is 0 Å². The van der Waals surface area contributed by atoms with Gasteiger partial charge in [0.05, 0.1) is 12.1 Å². The van der Waals surface area contributed by atoms with Crippen LogP contribution in [0, 0.1) is 0 Å². The quantitative estimate of drug-likeness (QED) is 0.852. The molecule has 1 aliphatic rings. The lowest BCUT2D eigenvalue weighted by Gasteiger charge is -2.26. The van der Waals surface area contributed by atoms with Crippen LogP contribution < -0.4 is 0 Å². The van der Waals surface area contributed by atoms with E-state index in [0.29, 0.717) is 0 Å². The first kappa shape index (κ1) is 13.1. The first-order valence-electron chi connectivity index (χ1n) is 6.46. The average Bonchev–Trinajstić information content (AvgIpc) is 2.85. The van der Waals surface area contributed by atoms with Gasteiger partial charge in [0.25, 0.3) is 0 Å². The SMILES string of the molecule is O=C(CN1CCc2sccc2C1)c1ccc(O)cc1O. The Morgan fingerprint density at radius 2 is 2.15 bits per heavy atom. The van der Waals surface area contributed by atoms with Gasteiger partial charge in [0, 0.05) is 24.0 Å². The van der Waals surface area contributed by atoms with E-state index in [1.165, 1.54) is 28.6 Å². The van der Waals surface area contributed by atoms with Gasteiger partial charge in [0.1, 0.15) is 11.5 Å². The van der Waals surface area contributed by atoms with Crippen LogP contribution in [0.3, 0.4) is 0 Å². The van der Waals surface area contributed by atoms with E-state index < -0.39 is 0 Å². The number of hydrogen-bond donors (Lipinski definition) is 2. The number of aromatic hydroxyl groups is 2. The average molecular weight is 289 g/mol. The number of thiophene rings is 1. The van der Waals surface area contributed by atoms with Crippen LogP contribution >= 0.6 is 11.3 Å². The van der Waals surface area contributed by atoms with Crippen LogP contribution in [0.25, 0.3) is 0 Å². The van der Waals surface area contributed by atoms with Crippen LogP contribution in [0.5, 0.6) is 11.5 Å². The summed E-state index contributed by atoms with van der Waals surface area (Å²) >= 11 is 1.77. The van der Waals surface area contributed by atoms with Crippen molar-refractivity contribution >= 4 is 17.1 Å². The number of phenols is 2. The molecule has 104 valence electrons. The monoisotopic (exact) mass is 289 g/mol. The first-order chi connectivity index (χ1) is 9.63. The minimum absolute atomic E-state index is 0.0417. The van der Waals surface area contributed by atoms with E-state index in [9.17, 15) is 15.0 Å². The van der Waals surface area contributed by atoms with Crippen molar-refractivity contribution in [1.82, 2.24) is 4.90 Å². The molecular formula is C15H15NO3S. The molecule has 2 heterocycles. The number of fused-ring (bicyclic) bond motifs is 1.